The number of rotatable bonds is 14. The Hall–Kier alpha value is -3.75. The largest absolute Gasteiger partial charge is 0.584 e. The number of phosphoric ester groups is 1. The zero-order valence-corrected chi connectivity index (χ0v) is 22.2. The van der Waals surface area contributed by atoms with Gasteiger partial charge in [-0.1, -0.05) is 13.2 Å². The zero-order valence-electron chi connectivity index (χ0n) is 21.3. The molecule has 0 spiro atoms. The Balaban J connectivity index is 2.21. The topological polar surface area (TPSA) is 127 Å². The van der Waals surface area contributed by atoms with Crippen LogP contribution in [0.25, 0.3) is 0 Å². The average molecular weight is 534 g/mol. The second kappa shape index (κ2) is 13.5. The molecule has 11 heteroatoms. The van der Waals surface area contributed by atoms with Crippen molar-refractivity contribution in [2.45, 2.75) is 26.7 Å². The van der Waals surface area contributed by atoms with E-state index in [1.54, 1.807) is 24.3 Å². The summed E-state index contributed by atoms with van der Waals surface area (Å²) in [7, 11) is -1.75. The first-order chi connectivity index (χ1) is 17.5. The van der Waals surface area contributed by atoms with Gasteiger partial charge in [-0.2, -0.15) is 0 Å². The van der Waals surface area contributed by atoms with Crippen LogP contribution in [0.1, 0.15) is 25.0 Å². The summed E-state index contributed by atoms with van der Waals surface area (Å²) in [4.78, 5) is 33.9. The van der Waals surface area contributed by atoms with E-state index in [0.29, 0.717) is 22.6 Å². The molecule has 0 aliphatic heterocycles. The van der Waals surface area contributed by atoms with Gasteiger partial charge in [-0.05, 0) is 50.2 Å². The molecule has 10 nitrogen and oxygen atoms in total. The van der Waals surface area contributed by atoms with E-state index in [-0.39, 0.29) is 48.7 Å². The number of methoxy groups -OCH3 is 2. The third-order valence-electron chi connectivity index (χ3n) is 4.87. The smallest absolute Gasteiger partial charge is 0.497 e. The fourth-order valence-corrected chi connectivity index (χ4v) is 3.85. The monoisotopic (exact) mass is 534 g/mol. The van der Waals surface area contributed by atoms with E-state index < -0.39 is 19.8 Å². The summed E-state index contributed by atoms with van der Waals surface area (Å²) < 4.78 is 44.4. The maximum absolute atomic E-state index is 13.0. The predicted octanol–water partition coefficient (Wildman–Crippen LogP) is 4.59. The zero-order chi connectivity index (χ0) is 27.6. The van der Waals surface area contributed by atoms with E-state index in [1.807, 2.05) is 0 Å². The van der Waals surface area contributed by atoms with Gasteiger partial charge in [-0.25, -0.2) is 14.2 Å². The van der Waals surface area contributed by atoms with E-state index in [1.165, 1.54) is 40.2 Å². The van der Waals surface area contributed by atoms with Crippen LogP contribution in [0.15, 0.2) is 60.7 Å². The van der Waals surface area contributed by atoms with Crippen LogP contribution in [-0.4, -0.2) is 44.3 Å². The second-order valence-corrected chi connectivity index (χ2v) is 9.23. The van der Waals surface area contributed by atoms with Crippen LogP contribution in [0.4, 0.5) is 0 Å². The van der Waals surface area contributed by atoms with Crippen molar-refractivity contribution in [3.63, 3.8) is 0 Å². The Morgan fingerprint density at radius 1 is 0.784 bits per heavy atom. The molecule has 0 unspecified atom stereocenters. The van der Waals surface area contributed by atoms with Crippen LogP contribution < -0.4 is 18.5 Å². The maximum Gasteiger partial charge on any atom is 0.584 e. The molecule has 0 saturated heterocycles. The fourth-order valence-electron chi connectivity index (χ4n) is 2.96. The van der Waals surface area contributed by atoms with Gasteiger partial charge in [-0.3, -0.25) is 4.89 Å². The number of benzene rings is 2. The van der Waals surface area contributed by atoms with E-state index >= 15 is 0 Å². The number of hydrogen-bond donors (Lipinski definition) is 1. The standard InChI is InChI=1S/C26H31O10P/c1-17(2)25(27)33-13-11-19-15-21(31-5)7-9-23(19)35-37(29,30)36-24-10-8-22(32-6)16-20(24)12-14-34-26(28)18(3)4/h7-10,15-16H,1,3,11-14H2,2,4-6H3,(H,29,30). The number of phosphoric acid groups is 1. The molecule has 1 N–H and O–H groups in total. The van der Waals surface area contributed by atoms with Gasteiger partial charge in [0.15, 0.2) is 0 Å². The minimum Gasteiger partial charge on any atom is -0.497 e. The molecule has 0 amide bonds. The fraction of sp³-hybridized carbons (Fsp3) is 0.308. The van der Waals surface area contributed by atoms with Gasteiger partial charge in [-0.15, -0.1) is 0 Å². The van der Waals surface area contributed by atoms with Crippen LogP contribution in [-0.2, 0) is 36.5 Å². The van der Waals surface area contributed by atoms with Crippen molar-refractivity contribution in [3.8, 4) is 23.0 Å². The van der Waals surface area contributed by atoms with Gasteiger partial charge in [0.2, 0.25) is 0 Å². The lowest BCUT2D eigenvalue weighted by atomic mass is 10.1. The molecule has 37 heavy (non-hydrogen) atoms. The van der Waals surface area contributed by atoms with Crippen molar-refractivity contribution >= 4 is 19.8 Å². The molecule has 0 aliphatic rings. The average Bonchev–Trinajstić information content (AvgIpc) is 2.85. The Morgan fingerprint density at radius 3 is 1.49 bits per heavy atom. The van der Waals surface area contributed by atoms with Crippen LogP contribution >= 0.6 is 7.82 Å². The molecule has 200 valence electrons. The normalized spacial score (nSPS) is 10.7. The summed E-state index contributed by atoms with van der Waals surface area (Å²) in [6, 6.07) is 9.19. The highest BCUT2D eigenvalue weighted by Gasteiger charge is 2.28. The minimum atomic E-state index is -4.70. The molecule has 0 bridgehead atoms. The lowest BCUT2D eigenvalue weighted by molar-refractivity contribution is -0.139. The highest BCUT2D eigenvalue weighted by molar-refractivity contribution is 7.48. The number of carbonyl (C=O) groups is 2. The molecular formula is C26H31O10P. The molecule has 0 aromatic heterocycles. The van der Waals surface area contributed by atoms with E-state index in [4.69, 9.17) is 28.0 Å². The summed E-state index contributed by atoms with van der Waals surface area (Å²) in [6.07, 6.45) is 0.348. The lowest BCUT2D eigenvalue weighted by Gasteiger charge is -2.19. The summed E-state index contributed by atoms with van der Waals surface area (Å²) in [6.45, 7) is 10.1. The van der Waals surface area contributed by atoms with Crippen molar-refractivity contribution in [3.05, 3.63) is 71.8 Å². The molecule has 0 aliphatic carbocycles. The van der Waals surface area contributed by atoms with Gasteiger partial charge < -0.3 is 28.0 Å². The number of carbonyl (C=O) groups excluding carboxylic acids is 2. The third-order valence-corrected chi connectivity index (χ3v) is 5.72. The first kappa shape index (κ1) is 29.5. The highest BCUT2D eigenvalue weighted by atomic mass is 31.2. The summed E-state index contributed by atoms with van der Waals surface area (Å²) in [5.41, 5.74) is 1.40. The number of ether oxygens (including phenoxy) is 4. The number of hydrogen-bond acceptors (Lipinski definition) is 9. The number of esters is 2. The summed E-state index contributed by atoms with van der Waals surface area (Å²) in [5, 5.41) is 0. The molecule has 0 saturated carbocycles. The van der Waals surface area contributed by atoms with E-state index in [9.17, 15) is 19.0 Å². The molecule has 0 atom stereocenters. The van der Waals surface area contributed by atoms with Gasteiger partial charge in [0.1, 0.15) is 23.0 Å². The van der Waals surface area contributed by atoms with Crippen LogP contribution in [0.5, 0.6) is 23.0 Å². The Morgan fingerprint density at radius 2 is 1.16 bits per heavy atom. The Bertz CT molecular complexity index is 1110. The summed E-state index contributed by atoms with van der Waals surface area (Å²) >= 11 is 0. The predicted molar refractivity (Wildman–Crippen MR) is 136 cm³/mol. The Labute approximate surface area is 216 Å². The van der Waals surface area contributed by atoms with Crippen molar-refractivity contribution in [1.29, 1.82) is 0 Å². The molecule has 0 fully saturated rings. The Kier molecular flexibility index (Phi) is 10.8. The van der Waals surface area contributed by atoms with Crippen LogP contribution in [0.3, 0.4) is 0 Å². The van der Waals surface area contributed by atoms with E-state index in [0.717, 1.165) is 0 Å². The molecule has 0 heterocycles. The second-order valence-electron chi connectivity index (χ2n) is 7.93. The van der Waals surface area contributed by atoms with Crippen molar-refractivity contribution in [2.24, 2.45) is 0 Å². The van der Waals surface area contributed by atoms with Gasteiger partial charge in [0.25, 0.3) is 0 Å². The van der Waals surface area contributed by atoms with Gasteiger partial charge >= 0.3 is 19.8 Å². The van der Waals surface area contributed by atoms with Crippen LogP contribution in [0, 0.1) is 0 Å². The first-order valence-corrected chi connectivity index (χ1v) is 12.7. The van der Waals surface area contributed by atoms with Gasteiger partial charge in [0, 0.05) is 35.1 Å². The van der Waals surface area contributed by atoms with Crippen molar-refractivity contribution < 1.29 is 47.0 Å². The van der Waals surface area contributed by atoms with Crippen molar-refractivity contribution in [2.75, 3.05) is 27.4 Å². The maximum atomic E-state index is 13.0. The molecular weight excluding hydrogens is 503 g/mol. The quantitative estimate of drug-likeness (QED) is 0.209. The third kappa shape index (κ3) is 9.33. The van der Waals surface area contributed by atoms with Crippen LogP contribution in [0.2, 0.25) is 0 Å². The SMILES string of the molecule is C=C(C)C(=O)OCCc1cc(OC)ccc1OP(=O)(O)Oc1ccc(OC)cc1CCOC(=O)C(=C)C. The minimum absolute atomic E-state index is 0.0165. The van der Waals surface area contributed by atoms with E-state index in [2.05, 4.69) is 13.2 Å². The lowest BCUT2D eigenvalue weighted by Crippen LogP contribution is -2.10. The highest BCUT2D eigenvalue weighted by Crippen LogP contribution is 2.47. The van der Waals surface area contributed by atoms with Crippen molar-refractivity contribution in [1.82, 2.24) is 0 Å². The summed E-state index contributed by atoms with van der Waals surface area (Å²) in [5.74, 6) is -0.0649. The first-order valence-electron chi connectivity index (χ1n) is 11.2. The molecule has 2 rings (SSSR count). The molecule has 2 aromatic carbocycles. The van der Waals surface area contributed by atoms with Gasteiger partial charge in [0.05, 0.1) is 27.4 Å². The molecule has 2 aromatic rings. The molecule has 0 radical (unpaired) electrons.